The average Bonchev–Trinajstić information content (AvgIpc) is 2.67. The van der Waals surface area contributed by atoms with Crippen molar-refractivity contribution < 1.29 is 4.74 Å². The van der Waals surface area contributed by atoms with Gasteiger partial charge in [0.2, 0.25) is 0 Å². The molecule has 2 aromatic rings. The molecule has 0 radical (unpaired) electrons. The number of halogens is 1. The summed E-state index contributed by atoms with van der Waals surface area (Å²) >= 11 is 7.48. The van der Waals surface area contributed by atoms with Gasteiger partial charge >= 0.3 is 0 Å². The van der Waals surface area contributed by atoms with E-state index >= 15 is 0 Å². The maximum atomic E-state index is 5.82. The lowest BCUT2D eigenvalue weighted by molar-refractivity contribution is 0.418. The Morgan fingerprint density at radius 1 is 1.14 bits per heavy atom. The van der Waals surface area contributed by atoms with Crippen LogP contribution in [-0.4, -0.2) is 7.11 Å². The zero-order chi connectivity index (χ0) is 9.97. The number of ether oxygens (including phenoxy) is 1. The third-order valence-corrected chi connectivity index (χ3v) is 3.15. The van der Waals surface area contributed by atoms with Crippen molar-refractivity contribution >= 4 is 22.9 Å². The van der Waals surface area contributed by atoms with Crippen LogP contribution in [0.15, 0.2) is 35.7 Å². The van der Waals surface area contributed by atoms with Crippen LogP contribution in [0.25, 0.3) is 10.4 Å². The normalized spacial score (nSPS) is 10.1. The maximum Gasteiger partial charge on any atom is 0.137 e. The van der Waals surface area contributed by atoms with Crippen LogP contribution in [0.5, 0.6) is 5.75 Å². The minimum Gasteiger partial charge on any atom is -0.495 e. The molecular weight excluding hydrogens is 216 g/mol. The molecule has 1 aromatic heterocycles. The van der Waals surface area contributed by atoms with Gasteiger partial charge in [0.25, 0.3) is 0 Å². The van der Waals surface area contributed by atoms with E-state index in [2.05, 4.69) is 0 Å². The molecule has 0 saturated carbocycles. The Kier molecular flexibility index (Phi) is 2.75. The summed E-state index contributed by atoms with van der Waals surface area (Å²) in [6.45, 7) is 0. The summed E-state index contributed by atoms with van der Waals surface area (Å²) in [5.41, 5.74) is 1.14. The fourth-order valence-corrected chi connectivity index (χ4v) is 2.26. The first-order chi connectivity index (χ1) is 6.81. The summed E-state index contributed by atoms with van der Waals surface area (Å²) in [6.07, 6.45) is 0. The molecule has 0 amide bonds. The molecule has 0 atom stereocenters. The molecule has 3 heteroatoms. The van der Waals surface area contributed by atoms with E-state index in [1.54, 1.807) is 18.4 Å². The molecule has 72 valence electrons. The molecule has 1 heterocycles. The molecule has 14 heavy (non-hydrogen) atoms. The largest absolute Gasteiger partial charge is 0.495 e. The second-order valence-electron chi connectivity index (χ2n) is 2.82. The van der Waals surface area contributed by atoms with Gasteiger partial charge < -0.3 is 4.74 Å². The second kappa shape index (κ2) is 4.03. The van der Waals surface area contributed by atoms with Crippen LogP contribution in [0.2, 0.25) is 5.02 Å². The quantitative estimate of drug-likeness (QED) is 0.747. The van der Waals surface area contributed by atoms with Gasteiger partial charge in [-0.05, 0) is 29.1 Å². The highest BCUT2D eigenvalue weighted by Crippen LogP contribution is 2.35. The van der Waals surface area contributed by atoms with Crippen molar-refractivity contribution in [2.75, 3.05) is 7.11 Å². The second-order valence-corrected chi connectivity index (χ2v) is 4.18. The van der Waals surface area contributed by atoms with Crippen LogP contribution >= 0.6 is 22.9 Å². The van der Waals surface area contributed by atoms with Crippen LogP contribution in [-0.2, 0) is 0 Å². The summed E-state index contributed by atoms with van der Waals surface area (Å²) in [4.78, 5) is 1.14. The summed E-state index contributed by atoms with van der Waals surface area (Å²) in [5.74, 6) is 0.914. The third-order valence-electron chi connectivity index (χ3n) is 1.96. The van der Waals surface area contributed by atoms with Gasteiger partial charge in [-0.1, -0.05) is 23.7 Å². The SMILES string of the molecule is COc1ccsc1-c1ccc(Cl)cc1. The zero-order valence-electron chi connectivity index (χ0n) is 7.66. The molecule has 1 aromatic carbocycles. The first kappa shape index (κ1) is 9.56. The molecule has 0 N–H and O–H groups in total. The van der Waals surface area contributed by atoms with Gasteiger partial charge in [-0.3, -0.25) is 0 Å². The molecule has 0 aliphatic carbocycles. The van der Waals surface area contributed by atoms with Crippen molar-refractivity contribution in [1.29, 1.82) is 0 Å². The van der Waals surface area contributed by atoms with E-state index < -0.39 is 0 Å². The van der Waals surface area contributed by atoms with Crippen molar-refractivity contribution in [3.8, 4) is 16.2 Å². The summed E-state index contributed by atoms with van der Waals surface area (Å²) in [7, 11) is 1.68. The highest BCUT2D eigenvalue weighted by Gasteiger charge is 2.06. The Balaban J connectivity index is 2.44. The van der Waals surface area contributed by atoms with E-state index in [9.17, 15) is 0 Å². The predicted octanol–water partition coefficient (Wildman–Crippen LogP) is 4.08. The first-order valence-electron chi connectivity index (χ1n) is 4.18. The van der Waals surface area contributed by atoms with E-state index in [0.717, 1.165) is 21.2 Å². The zero-order valence-corrected chi connectivity index (χ0v) is 9.23. The van der Waals surface area contributed by atoms with Gasteiger partial charge in [-0.25, -0.2) is 0 Å². The number of methoxy groups -OCH3 is 1. The maximum absolute atomic E-state index is 5.82. The summed E-state index contributed by atoms with van der Waals surface area (Å²) < 4.78 is 5.25. The van der Waals surface area contributed by atoms with E-state index in [4.69, 9.17) is 16.3 Å². The van der Waals surface area contributed by atoms with Gasteiger partial charge in [0, 0.05) is 5.02 Å². The first-order valence-corrected chi connectivity index (χ1v) is 5.44. The van der Waals surface area contributed by atoms with Crippen LogP contribution in [0, 0.1) is 0 Å². The number of rotatable bonds is 2. The van der Waals surface area contributed by atoms with Crippen LogP contribution in [0.1, 0.15) is 0 Å². The topological polar surface area (TPSA) is 9.23 Å². The molecule has 0 bridgehead atoms. The van der Waals surface area contributed by atoms with Gasteiger partial charge in [-0.15, -0.1) is 11.3 Å². The van der Waals surface area contributed by atoms with Crippen molar-refractivity contribution in [1.82, 2.24) is 0 Å². The number of hydrogen-bond acceptors (Lipinski definition) is 2. The minimum absolute atomic E-state index is 0.754. The molecule has 0 unspecified atom stereocenters. The van der Waals surface area contributed by atoms with E-state index in [0.29, 0.717) is 0 Å². The van der Waals surface area contributed by atoms with Gasteiger partial charge in [-0.2, -0.15) is 0 Å². The molecule has 0 aliphatic rings. The highest BCUT2D eigenvalue weighted by atomic mass is 35.5. The van der Waals surface area contributed by atoms with Gasteiger partial charge in [0.1, 0.15) is 5.75 Å². The standard InChI is InChI=1S/C11H9ClOS/c1-13-10-6-7-14-11(10)8-2-4-9(12)5-3-8/h2-7H,1H3. The Hall–Kier alpha value is -0.990. The van der Waals surface area contributed by atoms with Crippen LogP contribution in [0.4, 0.5) is 0 Å². The van der Waals surface area contributed by atoms with Crippen molar-refractivity contribution in [3.63, 3.8) is 0 Å². The minimum atomic E-state index is 0.754. The molecule has 1 nitrogen and oxygen atoms in total. The van der Waals surface area contributed by atoms with Gasteiger partial charge in [0.15, 0.2) is 0 Å². The van der Waals surface area contributed by atoms with E-state index in [-0.39, 0.29) is 0 Å². The predicted molar refractivity (Wildman–Crippen MR) is 61.3 cm³/mol. The molecule has 0 fully saturated rings. The Labute approximate surface area is 91.9 Å². The number of hydrogen-bond donors (Lipinski definition) is 0. The van der Waals surface area contributed by atoms with Crippen LogP contribution in [0.3, 0.4) is 0 Å². The molecule has 2 rings (SSSR count). The Bertz CT molecular complexity index is 419. The molecule has 0 saturated heterocycles. The van der Waals surface area contributed by atoms with Gasteiger partial charge in [0.05, 0.1) is 12.0 Å². The number of benzene rings is 1. The third kappa shape index (κ3) is 1.76. The highest BCUT2D eigenvalue weighted by molar-refractivity contribution is 7.14. The van der Waals surface area contributed by atoms with Crippen molar-refractivity contribution in [2.24, 2.45) is 0 Å². The van der Waals surface area contributed by atoms with E-state index in [1.165, 1.54) is 0 Å². The van der Waals surface area contributed by atoms with Crippen molar-refractivity contribution in [2.45, 2.75) is 0 Å². The molecule has 0 aliphatic heterocycles. The fourth-order valence-electron chi connectivity index (χ4n) is 1.27. The summed E-state index contributed by atoms with van der Waals surface area (Å²) in [5, 5.41) is 2.77. The Morgan fingerprint density at radius 3 is 2.50 bits per heavy atom. The van der Waals surface area contributed by atoms with E-state index in [1.807, 2.05) is 35.7 Å². The smallest absolute Gasteiger partial charge is 0.137 e. The summed E-state index contributed by atoms with van der Waals surface area (Å²) in [6, 6.07) is 9.73. The molecule has 0 spiro atoms. The lowest BCUT2D eigenvalue weighted by Gasteiger charge is -2.02. The van der Waals surface area contributed by atoms with Crippen LogP contribution < -0.4 is 4.74 Å². The average molecular weight is 225 g/mol. The van der Waals surface area contributed by atoms with Crippen molar-refractivity contribution in [3.05, 3.63) is 40.7 Å². The Morgan fingerprint density at radius 2 is 1.86 bits per heavy atom. The number of thiophene rings is 1. The molecular formula is C11H9ClOS. The fraction of sp³-hybridized carbons (Fsp3) is 0.0909. The monoisotopic (exact) mass is 224 g/mol. The lowest BCUT2D eigenvalue weighted by atomic mass is 10.2. The lowest BCUT2D eigenvalue weighted by Crippen LogP contribution is -1.81.